The summed E-state index contributed by atoms with van der Waals surface area (Å²) in [5, 5.41) is 23.9. The van der Waals surface area contributed by atoms with Crippen LogP contribution >= 0.6 is 0 Å². The molecule has 66 heavy (non-hydrogen) atoms. The van der Waals surface area contributed by atoms with E-state index in [9.17, 15) is 19.8 Å². The molecule has 3 N–H and O–H groups in total. The van der Waals surface area contributed by atoms with Crippen LogP contribution < -0.4 is 5.32 Å². The number of esters is 1. The van der Waals surface area contributed by atoms with Crippen molar-refractivity contribution in [2.45, 2.75) is 341 Å². The molecule has 0 bridgehead atoms. The summed E-state index contributed by atoms with van der Waals surface area (Å²) in [6, 6.07) is -0.705. The van der Waals surface area contributed by atoms with Gasteiger partial charge in [0.05, 0.1) is 25.2 Å². The van der Waals surface area contributed by atoms with Crippen molar-refractivity contribution in [1.29, 1.82) is 0 Å². The molecule has 0 aromatic carbocycles. The van der Waals surface area contributed by atoms with Crippen LogP contribution in [0, 0.1) is 0 Å². The summed E-state index contributed by atoms with van der Waals surface area (Å²) in [5.41, 5.74) is 0. The molecule has 6 nitrogen and oxygen atoms in total. The number of rotatable bonds is 54. The van der Waals surface area contributed by atoms with Gasteiger partial charge in [0.1, 0.15) is 6.10 Å². The van der Waals surface area contributed by atoms with Crippen molar-refractivity contribution in [3.8, 4) is 0 Å². The first-order valence-electron chi connectivity index (χ1n) is 29.6. The highest BCUT2D eigenvalue weighted by atomic mass is 16.5. The van der Waals surface area contributed by atoms with Crippen LogP contribution in [0.2, 0.25) is 0 Å². The topological polar surface area (TPSA) is 95.9 Å². The lowest BCUT2D eigenvalue weighted by atomic mass is 10.0. The minimum atomic E-state index is -0.791. The van der Waals surface area contributed by atoms with Gasteiger partial charge in [-0.3, -0.25) is 9.59 Å². The Morgan fingerprint density at radius 3 is 1.09 bits per heavy atom. The van der Waals surface area contributed by atoms with Crippen molar-refractivity contribution in [3.05, 3.63) is 24.3 Å². The second-order valence-electron chi connectivity index (χ2n) is 20.4. The van der Waals surface area contributed by atoms with Crippen molar-refractivity contribution >= 4 is 11.9 Å². The number of aliphatic hydroxyl groups is 2. The van der Waals surface area contributed by atoms with Crippen LogP contribution in [0.15, 0.2) is 24.3 Å². The summed E-state index contributed by atoms with van der Waals surface area (Å²) in [7, 11) is 0. The van der Waals surface area contributed by atoms with Gasteiger partial charge in [0.15, 0.2) is 0 Å². The van der Waals surface area contributed by atoms with E-state index in [0.717, 1.165) is 64.2 Å². The maximum atomic E-state index is 13.3. The minimum absolute atomic E-state index is 0.0685. The second-order valence-corrected chi connectivity index (χ2v) is 20.4. The minimum Gasteiger partial charge on any atom is -0.462 e. The summed E-state index contributed by atoms with van der Waals surface area (Å²) >= 11 is 0. The molecule has 0 rings (SSSR count). The molecular weight excluding hydrogens is 815 g/mol. The van der Waals surface area contributed by atoms with Crippen LogP contribution in [0.1, 0.15) is 323 Å². The Hall–Kier alpha value is -1.66. The highest BCUT2D eigenvalue weighted by Gasteiger charge is 2.24. The average molecular weight is 931 g/mol. The zero-order valence-electron chi connectivity index (χ0n) is 44.6. The molecule has 0 aliphatic heterocycles. The molecular formula is C60H115NO5. The van der Waals surface area contributed by atoms with Crippen molar-refractivity contribution in [2.75, 3.05) is 6.61 Å². The first-order valence-corrected chi connectivity index (χ1v) is 29.6. The van der Waals surface area contributed by atoms with Gasteiger partial charge in [-0.25, -0.2) is 0 Å². The van der Waals surface area contributed by atoms with E-state index in [2.05, 4.69) is 50.4 Å². The van der Waals surface area contributed by atoms with Gasteiger partial charge in [-0.05, 0) is 77.0 Å². The standard InChI is InChI=1S/C60H115NO5/c1-4-7-10-13-16-19-22-25-28-31-33-36-39-42-45-48-51-56(66-60(65)53-50-47-44-41-38-35-32-29-26-23-20-17-14-11-8-5-2)54-59(64)61-57(55-62)58(63)52-49-46-43-40-37-34-30-27-24-21-18-15-12-9-6-3/h29,32-33,36,56-58,62-63H,4-28,30-31,34-35,37-55H2,1-3H3,(H,61,64)/b32-29+,36-33+. The molecule has 3 atom stereocenters. The lowest BCUT2D eigenvalue weighted by Crippen LogP contribution is -2.46. The third kappa shape index (κ3) is 48.8. The zero-order valence-corrected chi connectivity index (χ0v) is 44.6. The summed E-state index contributed by atoms with van der Waals surface area (Å²) in [6.07, 6.45) is 63.9. The Labute approximate surface area is 411 Å². The molecule has 390 valence electrons. The van der Waals surface area contributed by atoms with E-state index < -0.39 is 18.2 Å². The maximum Gasteiger partial charge on any atom is 0.306 e. The average Bonchev–Trinajstić information content (AvgIpc) is 3.31. The number of carbonyl (C=O) groups is 2. The first kappa shape index (κ1) is 64.3. The number of allylic oxidation sites excluding steroid dienone is 4. The predicted octanol–water partition coefficient (Wildman–Crippen LogP) is 18.2. The summed E-state index contributed by atoms with van der Waals surface area (Å²) < 4.78 is 5.96. The monoisotopic (exact) mass is 930 g/mol. The Balaban J connectivity index is 4.56. The van der Waals surface area contributed by atoms with E-state index in [1.165, 1.54) is 212 Å². The Morgan fingerprint density at radius 2 is 0.727 bits per heavy atom. The lowest BCUT2D eigenvalue weighted by Gasteiger charge is -2.24. The van der Waals surface area contributed by atoms with E-state index in [0.29, 0.717) is 19.3 Å². The van der Waals surface area contributed by atoms with Gasteiger partial charge in [-0.1, -0.05) is 257 Å². The quantitative estimate of drug-likeness (QED) is 0.0321. The second kappa shape index (κ2) is 54.3. The number of aliphatic hydroxyl groups excluding tert-OH is 2. The smallest absolute Gasteiger partial charge is 0.306 e. The van der Waals surface area contributed by atoms with Gasteiger partial charge < -0.3 is 20.3 Å². The van der Waals surface area contributed by atoms with Crippen LogP contribution in [-0.2, 0) is 14.3 Å². The van der Waals surface area contributed by atoms with Crippen LogP contribution in [0.5, 0.6) is 0 Å². The SMILES string of the molecule is CCCCCCCCC/C=C/CCCCCCCC(=O)OC(CCCCC/C=C/CCCCCCCCCCC)CC(=O)NC(CO)C(O)CCCCCCCCCCCCCCCCC. The van der Waals surface area contributed by atoms with Crippen molar-refractivity contribution < 1.29 is 24.5 Å². The first-order chi connectivity index (χ1) is 32.5. The number of unbranched alkanes of at least 4 members (excludes halogenated alkanes) is 38. The Morgan fingerprint density at radius 1 is 0.424 bits per heavy atom. The van der Waals surface area contributed by atoms with Gasteiger partial charge in [0, 0.05) is 6.42 Å². The maximum absolute atomic E-state index is 13.3. The Bertz CT molecular complexity index is 1040. The number of nitrogens with one attached hydrogen (secondary N) is 1. The van der Waals surface area contributed by atoms with E-state index in [4.69, 9.17) is 4.74 Å². The molecule has 0 aromatic heterocycles. The third-order valence-corrected chi connectivity index (χ3v) is 13.8. The number of hydrogen-bond donors (Lipinski definition) is 3. The summed E-state index contributed by atoms with van der Waals surface area (Å²) in [5.74, 6) is -0.481. The van der Waals surface area contributed by atoms with Crippen LogP contribution in [0.3, 0.4) is 0 Å². The predicted molar refractivity (Wildman–Crippen MR) is 287 cm³/mol. The zero-order chi connectivity index (χ0) is 48.1. The molecule has 6 heteroatoms. The van der Waals surface area contributed by atoms with Crippen LogP contribution in [0.25, 0.3) is 0 Å². The molecule has 0 fully saturated rings. The highest BCUT2D eigenvalue weighted by molar-refractivity contribution is 5.77. The molecule has 0 aliphatic carbocycles. The van der Waals surface area contributed by atoms with Crippen LogP contribution in [-0.4, -0.2) is 46.9 Å². The molecule has 0 saturated heterocycles. The van der Waals surface area contributed by atoms with Crippen molar-refractivity contribution in [2.24, 2.45) is 0 Å². The molecule has 0 aromatic rings. The fraction of sp³-hybridized carbons (Fsp3) is 0.900. The number of carbonyl (C=O) groups excluding carboxylic acids is 2. The van der Waals surface area contributed by atoms with E-state index in [1.807, 2.05) is 0 Å². The highest BCUT2D eigenvalue weighted by Crippen LogP contribution is 2.18. The van der Waals surface area contributed by atoms with Gasteiger partial charge in [0.25, 0.3) is 0 Å². The molecule has 0 aliphatic rings. The normalized spacial score (nSPS) is 13.2. The van der Waals surface area contributed by atoms with Gasteiger partial charge in [-0.2, -0.15) is 0 Å². The largest absolute Gasteiger partial charge is 0.462 e. The molecule has 0 radical (unpaired) electrons. The summed E-state index contributed by atoms with van der Waals surface area (Å²) in [4.78, 5) is 26.3. The number of amides is 1. The Kier molecular flexibility index (Phi) is 52.9. The third-order valence-electron chi connectivity index (χ3n) is 13.8. The number of ether oxygens (including phenoxy) is 1. The van der Waals surface area contributed by atoms with Crippen molar-refractivity contribution in [3.63, 3.8) is 0 Å². The molecule has 0 heterocycles. The van der Waals surface area contributed by atoms with Gasteiger partial charge in [-0.15, -0.1) is 0 Å². The van der Waals surface area contributed by atoms with E-state index in [1.54, 1.807) is 0 Å². The fourth-order valence-corrected chi connectivity index (χ4v) is 9.25. The fourth-order valence-electron chi connectivity index (χ4n) is 9.25. The van der Waals surface area contributed by atoms with Crippen molar-refractivity contribution in [1.82, 2.24) is 5.32 Å². The summed E-state index contributed by atoms with van der Waals surface area (Å²) in [6.45, 7) is 6.52. The number of hydrogen-bond acceptors (Lipinski definition) is 5. The van der Waals surface area contributed by atoms with E-state index in [-0.39, 0.29) is 24.9 Å². The molecule has 3 unspecified atom stereocenters. The van der Waals surface area contributed by atoms with E-state index >= 15 is 0 Å². The van der Waals surface area contributed by atoms with Crippen LogP contribution in [0.4, 0.5) is 0 Å². The molecule has 0 spiro atoms. The lowest BCUT2D eigenvalue weighted by molar-refractivity contribution is -0.151. The molecule has 1 amide bonds. The van der Waals surface area contributed by atoms with Gasteiger partial charge in [0.2, 0.25) is 5.91 Å². The molecule has 0 saturated carbocycles. The van der Waals surface area contributed by atoms with Gasteiger partial charge >= 0.3 is 5.97 Å².